The van der Waals surface area contributed by atoms with Gasteiger partial charge in [0.1, 0.15) is 0 Å². The topological polar surface area (TPSA) is 79.2 Å². The SMILES string of the molecule is CC(=O)N/N=C(\C)c1c(C)[nH]n(C)c1=O. The zero-order valence-electron chi connectivity index (χ0n) is 9.21. The molecule has 0 spiro atoms. The standard InChI is InChI=1S/C9H14N4O2/c1-5(10-11-7(3)14)8-6(2)12-13(4)9(8)15/h12H,1-4H3,(H,11,14)/b10-5+. The number of nitrogens with zero attached hydrogens (tertiary/aromatic N) is 2. The number of aryl methyl sites for hydroxylation is 2. The van der Waals surface area contributed by atoms with Crippen molar-refractivity contribution >= 4 is 11.6 Å². The normalized spacial score (nSPS) is 11.6. The number of aromatic amines is 1. The van der Waals surface area contributed by atoms with E-state index in [4.69, 9.17) is 0 Å². The Balaban J connectivity index is 3.11. The maximum absolute atomic E-state index is 11.6. The van der Waals surface area contributed by atoms with Crippen LogP contribution in [-0.2, 0) is 11.8 Å². The lowest BCUT2D eigenvalue weighted by Crippen LogP contribution is -2.21. The Morgan fingerprint density at radius 1 is 1.47 bits per heavy atom. The summed E-state index contributed by atoms with van der Waals surface area (Å²) in [6.45, 7) is 4.82. The molecule has 0 unspecified atom stereocenters. The molecule has 6 nitrogen and oxygen atoms in total. The molecule has 1 aromatic rings. The summed E-state index contributed by atoms with van der Waals surface area (Å²) in [7, 11) is 1.63. The van der Waals surface area contributed by atoms with Gasteiger partial charge in [-0.3, -0.25) is 19.4 Å². The molecule has 0 aliphatic rings. The molecule has 6 heteroatoms. The minimum absolute atomic E-state index is 0.154. The second-order valence-corrected chi connectivity index (χ2v) is 3.34. The Labute approximate surface area is 87.0 Å². The first-order valence-corrected chi connectivity index (χ1v) is 4.50. The van der Waals surface area contributed by atoms with Crippen molar-refractivity contribution in [3.8, 4) is 0 Å². The van der Waals surface area contributed by atoms with E-state index < -0.39 is 0 Å². The van der Waals surface area contributed by atoms with Gasteiger partial charge in [0.2, 0.25) is 5.91 Å². The zero-order chi connectivity index (χ0) is 11.6. The lowest BCUT2D eigenvalue weighted by molar-refractivity contribution is -0.118. The first-order valence-electron chi connectivity index (χ1n) is 4.50. The Bertz CT molecular complexity index is 467. The zero-order valence-corrected chi connectivity index (χ0v) is 9.21. The molecule has 0 saturated carbocycles. The molecule has 82 valence electrons. The Kier molecular flexibility index (Phi) is 3.08. The third kappa shape index (κ3) is 2.34. The minimum Gasteiger partial charge on any atom is -0.300 e. The maximum Gasteiger partial charge on any atom is 0.275 e. The van der Waals surface area contributed by atoms with Gasteiger partial charge in [0, 0.05) is 19.7 Å². The monoisotopic (exact) mass is 210 g/mol. The van der Waals surface area contributed by atoms with E-state index in [1.807, 2.05) is 0 Å². The van der Waals surface area contributed by atoms with Crippen LogP contribution < -0.4 is 11.0 Å². The highest BCUT2D eigenvalue weighted by atomic mass is 16.2. The summed E-state index contributed by atoms with van der Waals surface area (Å²) in [5.74, 6) is -0.264. The maximum atomic E-state index is 11.6. The minimum atomic E-state index is -0.264. The van der Waals surface area contributed by atoms with Crippen LogP contribution in [0.3, 0.4) is 0 Å². The van der Waals surface area contributed by atoms with Gasteiger partial charge in [0.25, 0.3) is 5.56 Å². The number of carbonyl (C=O) groups is 1. The summed E-state index contributed by atoms with van der Waals surface area (Å²) in [4.78, 5) is 22.3. The average molecular weight is 210 g/mol. The van der Waals surface area contributed by atoms with Gasteiger partial charge in [-0.1, -0.05) is 0 Å². The number of carbonyl (C=O) groups excluding carboxylic acids is 1. The Morgan fingerprint density at radius 3 is 2.47 bits per heavy atom. The molecular weight excluding hydrogens is 196 g/mol. The number of amides is 1. The number of hydrazone groups is 1. The van der Waals surface area contributed by atoms with Crippen molar-refractivity contribution in [2.24, 2.45) is 12.1 Å². The van der Waals surface area contributed by atoms with E-state index in [0.29, 0.717) is 11.3 Å². The molecule has 0 aliphatic carbocycles. The van der Waals surface area contributed by atoms with Crippen LogP contribution in [0.15, 0.2) is 9.90 Å². The average Bonchev–Trinajstić information content (AvgIpc) is 2.37. The van der Waals surface area contributed by atoms with E-state index in [9.17, 15) is 9.59 Å². The predicted molar refractivity (Wildman–Crippen MR) is 56.8 cm³/mol. The van der Waals surface area contributed by atoms with Gasteiger partial charge in [-0.05, 0) is 13.8 Å². The van der Waals surface area contributed by atoms with Crippen molar-refractivity contribution < 1.29 is 4.79 Å². The van der Waals surface area contributed by atoms with Crippen LogP contribution in [0.5, 0.6) is 0 Å². The second-order valence-electron chi connectivity index (χ2n) is 3.34. The molecule has 2 N–H and O–H groups in total. The van der Waals surface area contributed by atoms with Gasteiger partial charge >= 0.3 is 0 Å². The molecule has 1 rings (SSSR count). The summed E-state index contributed by atoms with van der Waals surface area (Å²) in [6, 6.07) is 0. The molecule has 0 radical (unpaired) electrons. The van der Waals surface area contributed by atoms with Crippen LogP contribution in [0, 0.1) is 6.92 Å². The van der Waals surface area contributed by atoms with E-state index in [1.165, 1.54) is 11.6 Å². The van der Waals surface area contributed by atoms with Crippen LogP contribution >= 0.6 is 0 Å². The molecular formula is C9H14N4O2. The molecule has 1 aromatic heterocycles. The van der Waals surface area contributed by atoms with Crippen molar-refractivity contribution in [3.05, 3.63) is 21.6 Å². The molecule has 0 atom stereocenters. The summed E-state index contributed by atoms with van der Waals surface area (Å²) in [5, 5.41) is 6.67. The summed E-state index contributed by atoms with van der Waals surface area (Å²) >= 11 is 0. The fraction of sp³-hybridized carbons (Fsp3) is 0.444. The highest BCUT2D eigenvalue weighted by Gasteiger charge is 2.11. The number of nitrogens with one attached hydrogen (secondary N) is 2. The molecule has 0 bridgehead atoms. The van der Waals surface area contributed by atoms with Crippen LogP contribution in [0.1, 0.15) is 25.1 Å². The predicted octanol–water partition coefficient (Wildman–Crippen LogP) is -0.118. The van der Waals surface area contributed by atoms with Crippen LogP contribution in [0.4, 0.5) is 0 Å². The number of aromatic nitrogens is 2. The quantitative estimate of drug-likeness (QED) is 0.527. The van der Waals surface area contributed by atoms with Crippen molar-refractivity contribution in [2.75, 3.05) is 0 Å². The van der Waals surface area contributed by atoms with Gasteiger partial charge in [-0.2, -0.15) is 5.10 Å². The smallest absolute Gasteiger partial charge is 0.275 e. The van der Waals surface area contributed by atoms with Gasteiger partial charge in [0.15, 0.2) is 0 Å². The number of H-pyrrole nitrogens is 1. The van der Waals surface area contributed by atoms with Crippen LogP contribution in [-0.4, -0.2) is 21.4 Å². The number of hydrogen-bond acceptors (Lipinski definition) is 3. The molecule has 0 saturated heterocycles. The molecule has 15 heavy (non-hydrogen) atoms. The van der Waals surface area contributed by atoms with Crippen molar-refractivity contribution in [3.63, 3.8) is 0 Å². The summed E-state index contributed by atoms with van der Waals surface area (Å²) < 4.78 is 1.37. The molecule has 0 fully saturated rings. The Hall–Kier alpha value is -1.85. The Morgan fingerprint density at radius 2 is 2.07 bits per heavy atom. The van der Waals surface area contributed by atoms with Gasteiger partial charge < -0.3 is 0 Å². The van der Waals surface area contributed by atoms with Crippen LogP contribution in [0.2, 0.25) is 0 Å². The van der Waals surface area contributed by atoms with Crippen molar-refractivity contribution in [1.82, 2.24) is 15.2 Å². The fourth-order valence-corrected chi connectivity index (χ4v) is 1.33. The number of rotatable bonds is 2. The van der Waals surface area contributed by atoms with E-state index in [1.54, 1.807) is 20.9 Å². The molecule has 0 aliphatic heterocycles. The van der Waals surface area contributed by atoms with Gasteiger partial charge in [-0.15, -0.1) is 0 Å². The third-order valence-corrected chi connectivity index (χ3v) is 1.97. The van der Waals surface area contributed by atoms with Gasteiger partial charge in [0.05, 0.1) is 11.3 Å². The molecule has 1 heterocycles. The van der Waals surface area contributed by atoms with E-state index in [0.717, 1.165) is 5.69 Å². The number of hydrogen-bond donors (Lipinski definition) is 2. The summed E-state index contributed by atoms with van der Waals surface area (Å²) in [6.07, 6.45) is 0. The lowest BCUT2D eigenvalue weighted by Gasteiger charge is -1.97. The highest BCUT2D eigenvalue weighted by molar-refractivity contribution is 5.99. The van der Waals surface area contributed by atoms with E-state index in [2.05, 4.69) is 15.6 Å². The molecule has 0 aromatic carbocycles. The fourth-order valence-electron chi connectivity index (χ4n) is 1.33. The largest absolute Gasteiger partial charge is 0.300 e. The first-order chi connectivity index (χ1) is 6.93. The lowest BCUT2D eigenvalue weighted by atomic mass is 10.2. The third-order valence-electron chi connectivity index (χ3n) is 1.97. The highest BCUT2D eigenvalue weighted by Crippen LogP contribution is 1.99. The summed E-state index contributed by atoms with van der Waals surface area (Å²) in [5.41, 5.74) is 3.85. The second kappa shape index (κ2) is 4.12. The van der Waals surface area contributed by atoms with Crippen molar-refractivity contribution in [1.29, 1.82) is 0 Å². The molecule has 1 amide bonds. The van der Waals surface area contributed by atoms with Gasteiger partial charge in [-0.25, -0.2) is 5.43 Å². The van der Waals surface area contributed by atoms with E-state index in [-0.39, 0.29) is 11.5 Å². The van der Waals surface area contributed by atoms with Crippen LogP contribution in [0.25, 0.3) is 0 Å². The first kappa shape index (κ1) is 11.2. The van der Waals surface area contributed by atoms with Crippen molar-refractivity contribution in [2.45, 2.75) is 20.8 Å². The van der Waals surface area contributed by atoms with E-state index >= 15 is 0 Å².